The quantitative estimate of drug-likeness (QED) is 0.770. The fourth-order valence-electron chi connectivity index (χ4n) is 2.04. The molecule has 0 bridgehead atoms. The molecule has 0 saturated carbocycles. The number of nitrogens with zero attached hydrogens (tertiary/aromatic N) is 3. The number of rotatable bonds is 3. The maximum absolute atomic E-state index is 12.1. The average molecular weight is 365 g/mol. The fraction of sp³-hybridized carbons (Fsp3) is 0.0667. The first kappa shape index (κ1) is 16.2. The number of hydrogen-bond donors (Lipinski definition) is 1. The largest absolute Gasteiger partial charge is 0.442 e. The predicted octanol–water partition coefficient (Wildman–Crippen LogP) is 3.15. The Hall–Kier alpha value is -2.64. The second kappa shape index (κ2) is 6.46. The van der Waals surface area contributed by atoms with Crippen molar-refractivity contribution in [1.82, 2.24) is 14.8 Å². The van der Waals surface area contributed by atoms with Crippen molar-refractivity contribution in [3.63, 3.8) is 0 Å². The van der Waals surface area contributed by atoms with Crippen LogP contribution in [0.3, 0.4) is 0 Å². The highest BCUT2D eigenvalue weighted by Crippen LogP contribution is 2.27. The summed E-state index contributed by atoms with van der Waals surface area (Å²) in [5.41, 5.74) is 1.37. The van der Waals surface area contributed by atoms with Crippen LogP contribution in [-0.2, 0) is 4.79 Å². The van der Waals surface area contributed by atoms with Gasteiger partial charge in [-0.15, -0.1) is 5.10 Å². The first-order valence-corrected chi connectivity index (χ1v) is 7.49. The standard InChI is InChI=1S/C15H10Cl2N4O3/c1-8(22)19-10-4-2-9(3-5-10)14-20-21(15(23)24-14)13-11(16)6-18-7-12(13)17/h2-7H,1H3,(H,19,22). The number of pyridine rings is 1. The van der Waals surface area contributed by atoms with Crippen molar-refractivity contribution in [3.8, 4) is 17.1 Å². The van der Waals surface area contributed by atoms with Crippen LogP contribution in [0.1, 0.15) is 6.92 Å². The van der Waals surface area contributed by atoms with Crippen LogP contribution in [-0.4, -0.2) is 20.7 Å². The molecule has 2 heterocycles. The molecule has 2 aromatic heterocycles. The Labute approximate surface area is 145 Å². The highest BCUT2D eigenvalue weighted by Gasteiger charge is 2.17. The van der Waals surface area contributed by atoms with Crippen LogP contribution >= 0.6 is 23.2 Å². The molecule has 0 aliphatic heterocycles. The maximum Gasteiger partial charge on any atom is 0.442 e. The normalized spacial score (nSPS) is 10.6. The van der Waals surface area contributed by atoms with E-state index >= 15 is 0 Å². The summed E-state index contributed by atoms with van der Waals surface area (Å²) in [7, 11) is 0. The third kappa shape index (κ3) is 3.17. The van der Waals surface area contributed by atoms with Gasteiger partial charge in [0.05, 0.1) is 10.0 Å². The molecule has 0 spiro atoms. The van der Waals surface area contributed by atoms with Crippen LogP contribution < -0.4 is 11.1 Å². The number of carbonyl (C=O) groups excluding carboxylic acids is 1. The van der Waals surface area contributed by atoms with E-state index in [2.05, 4.69) is 15.4 Å². The van der Waals surface area contributed by atoms with Gasteiger partial charge < -0.3 is 9.73 Å². The van der Waals surface area contributed by atoms with E-state index in [4.69, 9.17) is 27.6 Å². The minimum absolute atomic E-state index is 0.0957. The van der Waals surface area contributed by atoms with Crippen molar-refractivity contribution < 1.29 is 9.21 Å². The Balaban J connectivity index is 2.00. The molecule has 1 N–H and O–H groups in total. The summed E-state index contributed by atoms with van der Waals surface area (Å²) in [6.45, 7) is 1.41. The van der Waals surface area contributed by atoms with E-state index in [-0.39, 0.29) is 27.5 Å². The van der Waals surface area contributed by atoms with Gasteiger partial charge >= 0.3 is 5.76 Å². The summed E-state index contributed by atoms with van der Waals surface area (Å²) in [6, 6.07) is 6.66. The second-order valence-electron chi connectivity index (χ2n) is 4.80. The summed E-state index contributed by atoms with van der Waals surface area (Å²) in [5, 5.41) is 7.10. The molecule has 7 nitrogen and oxygen atoms in total. The van der Waals surface area contributed by atoms with Gasteiger partial charge in [-0.25, -0.2) is 4.79 Å². The molecule has 1 amide bonds. The molecule has 24 heavy (non-hydrogen) atoms. The van der Waals surface area contributed by atoms with Crippen molar-refractivity contribution in [2.24, 2.45) is 0 Å². The minimum Gasteiger partial charge on any atom is -0.387 e. The summed E-state index contributed by atoms with van der Waals surface area (Å²) in [4.78, 5) is 26.9. The van der Waals surface area contributed by atoms with Crippen molar-refractivity contribution in [1.29, 1.82) is 0 Å². The van der Waals surface area contributed by atoms with Gasteiger partial charge in [0.1, 0.15) is 5.69 Å². The molecule has 0 unspecified atom stereocenters. The predicted molar refractivity (Wildman–Crippen MR) is 89.7 cm³/mol. The molecule has 0 aliphatic rings. The molecule has 0 radical (unpaired) electrons. The van der Waals surface area contributed by atoms with Gasteiger partial charge in [-0.05, 0) is 24.3 Å². The molecule has 3 rings (SSSR count). The summed E-state index contributed by atoms with van der Waals surface area (Å²) in [5.74, 6) is -0.815. The second-order valence-corrected chi connectivity index (χ2v) is 5.61. The van der Waals surface area contributed by atoms with Gasteiger partial charge in [-0.2, -0.15) is 4.68 Å². The van der Waals surface area contributed by atoms with E-state index in [1.165, 1.54) is 19.3 Å². The SMILES string of the molecule is CC(=O)Nc1ccc(-c2nn(-c3c(Cl)cncc3Cl)c(=O)o2)cc1. The lowest BCUT2D eigenvalue weighted by molar-refractivity contribution is -0.114. The van der Waals surface area contributed by atoms with Crippen molar-refractivity contribution in [3.05, 3.63) is 57.3 Å². The lowest BCUT2D eigenvalue weighted by Crippen LogP contribution is -2.14. The van der Waals surface area contributed by atoms with Gasteiger partial charge in [-0.1, -0.05) is 23.2 Å². The molecule has 1 aromatic carbocycles. The number of anilines is 1. The summed E-state index contributed by atoms with van der Waals surface area (Å²) in [6.07, 6.45) is 2.71. The van der Waals surface area contributed by atoms with Gasteiger partial charge in [0, 0.05) is 30.6 Å². The van der Waals surface area contributed by atoms with Gasteiger partial charge in [0.25, 0.3) is 0 Å². The molecule has 0 aliphatic carbocycles. The van der Waals surface area contributed by atoms with E-state index in [0.717, 1.165) is 4.68 Å². The Morgan fingerprint density at radius 2 is 1.79 bits per heavy atom. The Morgan fingerprint density at radius 3 is 2.38 bits per heavy atom. The molecule has 0 fully saturated rings. The lowest BCUT2D eigenvalue weighted by Gasteiger charge is -2.03. The first-order valence-electron chi connectivity index (χ1n) is 6.73. The topological polar surface area (TPSA) is 90.0 Å². The average Bonchev–Trinajstić information content (AvgIpc) is 2.89. The molecule has 3 aromatic rings. The van der Waals surface area contributed by atoms with E-state index in [1.54, 1.807) is 24.3 Å². The number of amides is 1. The van der Waals surface area contributed by atoms with Crippen molar-refractivity contribution >= 4 is 34.8 Å². The third-order valence-corrected chi connectivity index (χ3v) is 3.59. The molecule has 0 saturated heterocycles. The van der Waals surface area contributed by atoms with E-state index < -0.39 is 5.76 Å². The molecule has 122 valence electrons. The number of benzene rings is 1. The number of hydrogen-bond acceptors (Lipinski definition) is 5. The molecule has 9 heteroatoms. The maximum atomic E-state index is 12.1. The monoisotopic (exact) mass is 364 g/mol. The zero-order valence-electron chi connectivity index (χ0n) is 12.3. The van der Waals surface area contributed by atoms with Crippen LogP contribution in [0.25, 0.3) is 17.1 Å². The Kier molecular flexibility index (Phi) is 4.37. The first-order chi connectivity index (χ1) is 11.5. The lowest BCUT2D eigenvalue weighted by atomic mass is 10.2. The minimum atomic E-state index is -0.731. The number of halogens is 2. The van der Waals surface area contributed by atoms with Gasteiger partial charge in [0.2, 0.25) is 11.8 Å². The fourth-order valence-corrected chi connectivity index (χ4v) is 2.57. The number of aromatic nitrogens is 3. The van der Waals surface area contributed by atoms with E-state index in [1.807, 2.05) is 0 Å². The van der Waals surface area contributed by atoms with Gasteiger partial charge in [0.15, 0.2) is 0 Å². The zero-order valence-corrected chi connectivity index (χ0v) is 13.8. The summed E-state index contributed by atoms with van der Waals surface area (Å²) < 4.78 is 6.13. The van der Waals surface area contributed by atoms with Crippen LogP contribution in [0.15, 0.2) is 45.9 Å². The highest BCUT2D eigenvalue weighted by atomic mass is 35.5. The van der Waals surface area contributed by atoms with E-state index in [0.29, 0.717) is 11.3 Å². The third-order valence-electron chi connectivity index (χ3n) is 3.04. The van der Waals surface area contributed by atoms with E-state index in [9.17, 15) is 9.59 Å². The zero-order chi connectivity index (χ0) is 17.3. The van der Waals surface area contributed by atoms with Crippen LogP contribution in [0.4, 0.5) is 5.69 Å². The Morgan fingerprint density at radius 1 is 1.17 bits per heavy atom. The number of nitrogens with one attached hydrogen (secondary N) is 1. The Bertz CT molecular complexity index is 943. The van der Waals surface area contributed by atoms with Crippen LogP contribution in [0.5, 0.6) is 0 Å². The van der Waals surface area contributed by atoms with Crippen LogP contribution in [0.2, 0.25) is 10.0 Å². The number of carbonyl (C=O) groups is 1. The van der Waals surface area contributed by atoms with Crippen molar-refractivity contribution in [2.45, 2.75) is 6.92 Å². The molecule has 0 atom stereocenters. The van der Waals surface area contributed by atoms with Crippen molar-refractivity contribution in [2.75, 3.05) is 5.32 Å². The van der Waals surface area contributed by atoms with Gasteiger partial charge in [-0.3, -0.25) is 9.78 Å². The summed E-state index contributed by atoms with van der Waals surface area (Å²) >= 11 is 12.1. The van der Waals surface area contributed by atoms with Crippen LogP contribution in [0, 0.1) is 0 Å². The smallest absolute Gasteiger partial charge is 0.387 e. The highest BCUT2D eigenvalue weighted by molar-refractivity contribution is 6.37. The molecular weight excluding hydrogens is 355 g/mol. The molecular formula is C15H10Cl2N4O3.